The van der Waals surface area contributed by atoms with Crippen molar-refractivity contribution in [2.45, 2.75) is 18.9 Å². The van der Waals surface area contributed by atoms with Crippen molar-refractivity contribution in [3.05, 3.63) is 0 Å². The van der Waals surface area contributed by atoms with Gasteiger partial charge in [0.05, 0.1) is 6.10 Å². The van der Waals surface area contributed by atoms with Gasteiger partial charge in [0.2, 0.25) is 0 Å². The van der Waals surface area contributed by atoms with Crippen molar-refractivity contribution in [3.63, 3.8) is 0 Å². The van der Waals surface area contributed by atoms with Crippen LogP contribution in [0.1, 0.15) is 12.8 Å². The molecule has 3 N–H and O–H groups in total. The minimum absolute atomic E-state index is 0.178. The summed E-state index contributed by atoms with van der Waals surface area (Å²) in [4.78, 5) is 0. The zero-order valence-electron chi connectivity index (χ0n) is 5.84. The van der Waals surface area contributed by atoms with Crippen molar-refractivity contribution in [1.29, 1.82) is 0 Å². The topological polar surface area (TPSA) is 46.2 Å². The fraction of sp³-hybridized carbons (Fsp3) is 1.00. The molecule has 0 saturated carbocycles. The van der Waals surface area contributed by atoms with E-state index in [1.54, 1.807) is 11.8 Å². The van der Waals surface area contributed by atoms with E-state index < -0.39 is 0 Å². The molecular formula is C6H15NOS. The first kappa shape index (κ1) is 9.27. The SMILES string of the molecule is CSCCC(O)CCN. The summed E-state index contributed by atoms with van der Waals surface area (Å²) < 4.78 is 0. The second-order valence-corrected chi connectivity index (χ2v) is 3.00. The quantitative estimate of drug-likeness (QED) is 0.596. The molecule has 0 aromatic carbocycles. The normalized spacial score (nSPS) is 13.7. The van der Waals surface area contributed by atoms with Crippen LogP contribution in [0.5, 0.6) is 0 Å². The van der Waals surface area contributed by atoms with Gasteiger partial charge >= 0.3 is 0 Å². The van der Waals surface area contributed by atoms with E-state index in [0.29, 0.717) is 6.54 Å². The molecule has 0 aliphatic carbocycles. The Hall–Kier alpha value is 0.270. The molecule has 0 spiro atoms. The zero-order valence-corrected chi connectivity index (χ0v) is 6.66. The summed E-state index contributed by atoms with van der Waals surface area (Å²) in [5.41, 5.74) is 5.23. The number of aliphatic hydroxyl groups excluding tert-OH is 1. The lowest BCUT2D eigenvalue weighted by Gasteiger charge is -2.05. The summed E-state index contributed by atoms with van der Waals surface area (Å²) in [6, 6.07) is 0. The summed E-state index contributed by atoms with van der Waals surface area (Å²) in [6.45, 7) is 0.593. The Balaban J connectivity index is 2.95. The number of rotatable bonds is 5. The van der Waals surface area contributed by atoms with Crippen LogP contribution in [0, 0.1) is 0 Å². The molecule has 0 aromatic heterocycles. The third kappa shape index (κ3) is 6.15. The lowest BCUT2D eigenvalue weighted by molar-refractivity contribution is 0.164. The summed E-state index contributed by atoms with van der Waals surface area (Å²) in [5.74, 6) is 1.03. The molecule has 0 amide bonds. The molecular weight excluding hydrogens is 134 g/mol. The summed E-state index contributed by atoms with van der Waals surface area (Å²) in [7, 11) is 0. The maximum atomic E-state index is 9.09. The fourth-order valence-corrected chi connectivity index (χ4v) is 1.10. The first-order valence-corrected chi connectivity index (χ1v) is 4.57. The molecule has 1 unspecified atom stereocenters. The van der Waals surface area contributed by atoms with Gasteiger partial charge in [0.15, 0.2) is 0 Å². The molecule has 3 heteroatoms. The number of thioether (sulfide) groups is 1. The summed E-state index contributed by atoms with van der Waals surface area (Å²) >= 11 is 1.75. The van der Waals surface area contributed by atoms with Gasteiger partial charge in [-0.3, -0.25) is 0 Å². The van der Waals surface area contributed by atoms with E-state index in [1.165, 1.54) is 0 Å². The number of aliphatic hydroxyl groups is 1. The summed E-state index contributed by atoms with van der Waals surface area (Å²) in [6.07, 6.45) is 3.47. The average molecular weight is 149 g/mol. The van der Waals surface area contributed by atoms with E-state index >= 15 is 0 Å². The van der Waals surface area contributed by atoms with Crippen LogP contribution in [-0.2, 0) is 0 Å². The number of nitrogens with two attached hydrogens (primary N) is 1. The van der Waals surface area contributed by atoms with Crippen LogP contribution in [-0.4, -0.2) is 29.8 Å². The molecule has 0 heterocycles. The molecule has 0 bridgehead atoms. The molecule has 0 radical (unpaired) electrons. The molecule has 0 fully saturated rings. The smallest absolute Gasteiger partial charge is 0.0560 e. The van der Waals surface area contributed by atoms with Crippen molar-refractivity contribution < 1.29 is 5.11 Å². The van der Waals surface area contributed by atoms with E-state index in [-0.39, 0.29) is 6.10 Å². The molecule has 0 saturated heterocycles. The predicted molar refractivity (Wildman–Crippen MR) is 42.7 cm³/mol. The van der Waals surface area contributed by atoms with Gasteiger partial charge < -0.3 is 10.8 Å². The number of hydrogen-bond donors (Lipinski definition) is 2. The highest BCUT2D eigenvalue weighted by Gasteiger charge is 1.99. The Bertz CT molecular complexity index is 61.0. The van der Waals surface area contributed by atoms with Gasteiger partial charge in [0.25, 0.3) is 0 Å². The van der Waals surface area contributed by atoms with Crippen molar-refractivity contribution in [3.8, 4) is 0 Å². The molecule has 0 aromatic rings. The van der Waals surface area contributed by atoms with Crippen molar-refractivity contribution in [1.82, 2.24) is 0 Å². The third-order valence-electron chi connectivity index (χ3n) is 1.16. The first-order chi connectivity index (χ1) is 4.31. The van der Waals surface area contributed by atoms with Crippen molar-refractivity contribution in [2.24, 2.45) is 5.73 Å². The molecule has 0 rings (SSSR count). The van der Waals surface area contributed by atoms with Gasteiger partial charge in [-0.15, -0.1) is 0 Å². The van der Waals surface area contributed by atoms with E-state index in [0.717, 1.165) is 18.6 Å². The van der Waals surface area contributed by atoms with Gasteiger partial charge in [-0.05, 0) is 31.4 Å². The molecule has 0 aliphatic heterocycles. The predicted octanol–water partition coefficient (Wildman–Crippen LogP) is 0.449. The fourth-order valence-electron chi connectivity index (χ4n) is 0.591. The van der Waals surface area contributed by atoms with Gasteiger partial charge in [-0.2, -0.15) is 11.8 Å². The first-order valence-electron chi connectivity index (χ1n) is 3.18. The molecule has 1 atom stereocenters. The Labute approximate surface area is 60.8 Å². The maximum Gasteiger partial charge on any atom is 0.0560 e. The average Bonchev–Trinajstić information content (AvgIpc) is 1.85. The van der Waals surface area contributed by atoms with Gasteiger partial charge in [-0.25, -0.2) is 0 Å². The second kappa shape index (κ2) is 6.39. The second-order valence-electron chi connectivity index (χ2n) is 2.01. The van der Waals surface area contributed by atoms with Crippen LogP contribution >= 0.6 is 11.8 Å². The standard InChI is InChI=1S/C6H15NOS/c1-9-5-3-6(8)2-4-7/h6,8H,2-5,7H2,1H3. The van der Waals surface area contributed by atoms with E-state index in [1.807, 2.05) is 6.26 Å². The molecule has 2 nitrogen and oxygen atoms in total. The largest absolute Gasteiger partial charge is 0.393 e. The lowest BCUT2D eigenvalue weighted by Crippen LogP contribution is -2.13. The monoisotopic (exact) mass is 149 g/mol. The van der Waals surface area contributed by atoms with E-state index in [9.17, 15) is 0 Å². The van der Waals surface area contributed by atoms with Gasteiger partial charge in [-0.1, -0.05) is 0 Å². The Morgan fingerprint density at radius 1 is 1.56 bits per heavy atom. The van der Waals surface area contributed by atoms with Crippen LogP contribution in [0.25, 0.3) is 0 Å². The van der Waals surface area contributed by atoms with Gasteiger partial charge in [0, 0.05) is 0 Å². The third-order valence-corrected chi connectivity index (χ3v) is 1.80. The molecule has 0 aliphatic rings. The van der Waals surface area contributed by atoms with Crippen LogP contribution in [0.3, 0.4) is 0 Å². The lowest BCUT2D eigenvalue weighted by atomic mass is 10.2. The van der Waals surface area contributed by atoms with Crippen LogP contribution in [0.15, 0.2) is 0 Å². The molecule has 9 heavy (non-hydrogen) atoms. The van der Waals surface area contributed by atoms with Crippen molar-refractivity contribution in [2.75, 3.05) is 18.6 Å². The van der Waals surface area contributed by atoms with Gasteiger partial charge in [0.1, 0.15) is 0 Å². The molecule has 56 valence electrons. The highest BCUT2D eigenvalue weighted by atomic mass is 32.2. The van der Waals surface area contributed by atoms with Crippen LogP contribution in [0.4, 0.5) is 0 Å². The van der Waals surface area contributed by atoms with Crippen LogP contribution in [0.2, 0.25) is 0 Å². The highest BCUT2D eigenvalue weighted by molar-refractivity contribution is 7.98. The van der Waals surface area contributed by atoms with E-state index in [2.05, 4.69) is 0 Å². The minimum Gasteiger partial charge on any atom is -0.393 e. The zero-order chi connectivity index (χ0) is 7.11. The Morgan fingerprint density at radius 3 is 2.67 bits per heavy atom. The van der Waals surface area contributed by atoms with E-state index in [4.69, 9.17) is 10.8 Å². The Morgan fingerprint density at radius 2 is 2.22 bits per heavy atom. The number of hydrogen-bond acceptors (Lipinski definition) is 3. The maximum absolute atomic E-state index is 9.09. The minimum atomic E-state index is -0.178. The Kier molecular flexibility index (Phi) is 6.58. The van der Waals surface area contributed by atoms with Crippen molar-refractivity contribution >= 4 is 11.8 Å². The summed E-state index contributed by atoms with van der Waals surface area (Å²) in [5, 5.41) is 9.09. The highest BCUT2D eigenvalue weighted by Crippen LogP contribution is 2.01. The van der Waals surface area contributed by atoms with Crippen LogP contribution < -0.4 is 5.73 Å².